The minimum atomic E-state index is -0.772. The largest absolute Gasteiger partial charge is 0.494 e. The summed E-state index contributed by atoms with van der Waals surface area (Å²) in [5.41, 5.74) is 4.77. The number of H-pyrrole nitrogens is 2. The number of aromatic nitrogens is 3. The second kappa shape index (κ2) is 11.9. The Kier molecular flexibility index (Phi) is 7.90. The molecule has 5 N–H and O–H groups in total. The van der Waals surface area contributed by atoms with Crippen LogP contribution in [-0.2, 0) is 10.2 Å². The highest BCUT2D eigenvalue weighted by molar-refractivity contribution is 6.11. The number of carboxylic acid groups (broad SMARTS) is 1. The predicted molar refractivity (Wildman–Crippen MR) is 170 cm³/mol. The first kappa shape index (κ1) is 29.1. The molecule has 3 heterocycles. The van der Waals surface area contributed by atoms with E-state index in [-0.39, 0.29) is 17.6 Å². The van der Waals surface area contributed by atoms with E-state index in [0.717, 1.165) is 64.8 Å². The molecule has 2 aromatic carbocycles. The van der Waals surface area contributed by atoms with Crippen molar-refractivity contribution in [3.63, 3.8) is 0 Å². The van der Waals surface area contributed by atoms with Crippen molar-refractivity contribution in [1.82, 2.24) is 15.1 Å². The highest BCUT2D eigenvalue weighted by atomic mass is 16.5. The molecule has 5 aromatic rings. The SMILES string of the molecule is CC(C)(C)c1cc(NC(Nc2ccc3[nH]c(C(=O)c4cc5cc(OCCCCCC(=O)O)ccc5[nH]4)cc3c2)=C2CC2)no1. The molecular weight excluding hydrogens is 558 g/mol. The summed E-state index contributed by atoms with van der Waals surface area (Å²) in [7, 11) is 0. The van der Waals surface area contributed by atoms with E-state index in [1.807, 2.05) is 54.6 Å². The van der Waals surface area contributed by atoms with Crippen LogP contribution in [0.2, 0.25) is 0 Å². The Morgan fingerprint density at radius 3 is 2.27 bits per heavy atom. The van der Waals surface area contributed by atoms with E-state index in [2.05, 4.69) is 46.5 Å². The summed E-state index contributed by atoms with van der Waals surface area (Å²) in [4.78, 5) is 30.6. The maximum Gasteiger partial charge on any atom is 0.303 e. The van der Waals surface area contributed by atoms with Gasteiger partial charge in [0.2, 0.25) is 5.78 Å². The third-order valence-electron chi connectivity index (χ3n) is 7.63. The van der Waals surface area contributed by atoms with Gasteiger partial charge in [-0.3, -0.25) is 9.59 Å². The molecule has 1 aliphatic rings. The van der Waals surface area contributed by atoms with Gasteiger partial charge in [-0.1, -0.05) is 25.9 Å². The van der Waals surface area contributed by atoms with Gasteiger partial charge >= 0.3 is 5.97 Å². The molecule has 1 aliphatic carbocycles. The van der Waals surface area contributed by atoms with E-state index in [4.69, 9.17) is 14.4 Å². The van der Waals surface area contributed by atoms with E-state index in [0.29, 0.717) is 36.0 Å². The number of ketones is 1. The van der Waals surface area contributed by atoms with Crippen LogP contribution in [0.15, 0.2) is 70.5 Å². The normalized spacial score (nSPS) is 12.9. The molecule has 0 radical (unpaired) electrons. The van der Waals surface area contributed by atoms with Crippen molar-refractivity contribution in [2.24, 2.45) is 0 Å². The van der Waals surface area contributed by atoms with Gasteiger partial charge in [0.05, 0.1) is 18.0 Å². The Hall–Kier alpha value is -4.99. The number of allylic oxidation sites excluding steroid dienone is 1. The van der Waals surface area contributed by atoms with Crippen LogP contribution in [0.1, 0.15) is 81.2 Å². The summed E-state index contributed by atoms with van der Waals surface area (Å²) < 4.78 is 11.4. The average Bonchev–Trinajstić information content (AvgIpc) is 3.36. The lowest BCUT2D eigenvalue weighted by Gasteiger charge is -2.13. The molecule has 1 fully saturated rings. The third kappa shape index (κ3) is 6.80. The predicted octanol–water partition coefficient (Wildman–Crippen LogP) is 7.72. The van der Waals surface area contributed by atoms with Crippen LogP contribution in [0.25, 0.3) is 21.8 Å². The molecule has 10 heteroatoms. The fraction of sp³-hybridized carbons (Fsp3) is 0.324. The molecule has 0 saturated heterocycles. The van der Waals surface area contributed by atoms with E-state index in [1.165, 1.54) is 5.57 Å². The van der Waals surface area contributed by atoms with E-state index >= 15 is 0 Å². The van der Waals surface area contributed by atoms with Crippen molar-refractivity contribution in [2.75, 3.05) is 17.2 Å². The molecule has 10 nitrogen and oxygen atoms in total. The van der Waals surface area contributed by atoms with Crippen LogP contribution in [0.4, 0.5) is 11.5 Å². The van der Waals surface area contributed by atoms with Gasteiger partial charge in [0, 0.05) is 45.4 Å². The summed E-state index contributed by atoms with van der Waals surface area (Å²) in [6, 6.07) is 17.3. The van der Waals surface area contributed by atoms with Gasteiger partial charge in [-0.25, -0.2) is 0 Å². The summed E-state index contributed by atoms with van der Waals surface area (Å²) in [5, 5.41) is 21.6. The first-order chi connectivity index (χ1) is 21.1. The fourth-order valence-electron chi connectivity index (χ4n) is 5.03. The summed E-state index contributed by atoms with van der Waals surface area (Å²) in [6.45, 7) is 6.77. The second-order valence-corrected chi connectivity index (χ2v) is 12.4. The van der Waals surface area contributed by atoms with Gasteiger partial charge < -0.3 is 35.0 Å². The molecule has 0 bridgehead atoms. The van der Waals surface area contributed by atoms with Gasteiger partial charge in [-0.15, -0.1) is 0 Å². The fourth-order valence-corrected chi connectivity index (χ4v) is 5.03. The van der Waals surface area contributed by atoms with Crippen LogP contribution < -0.4 is 15.4 Å². The van der Waals surface area contributed by atoms with Gasteiger partial charge in [0.15, 0.2) is 5.82 Å². The van der Waals surface area contributed by atoms with Gasteiger partial charge in [0.1, 0.15) is 17.3 Å². The summed E-state index contributed by atoms with van der Waals surface area (Å²) in [5.74, 6) is 2.20. The quantitative estimate of drug-likeness (QED) is 0.0687. The Morgan fingerprint density at radius 2 is 1.61 bits per heavy atom. The molecule has 0 amide bonds. The molecule has 0 atom stereocenters. The molecule has 3 aromatic heterocycles. The minimum absolute atomic E-state index is 0.127. The number of carbonyl (C=O) groups is 2. The zero-order valence-corrected chi connectivity index (χ0v) is 25.2. The molecular formula is C34H37N5O5. The zero-order chi connectivity index (χ0) is 30.8. The number of anilines is 2. The Labute approximate surface area is 254 Å². The number of rotatable bonds is 13. The smallest absolute Gasteiger partial charge is 0.303 e. The monoisotopic (exact) mass is 595 g/mol. The molecule has 228 valence electrons. The number of carboxylic acids is 1. The summed E-state index contributed by atoms with van der Waals surface area (Å²) in [6.07, 6.45) is 4.46. The maximum atomic E-state index is 13.4. The molecule has 0 aliphatic heterocycles. The first-order valence-electron chi connectivity index (χ1n) is 15.0. The lowest BCUT2D eigenvalue weighted by Crippen LogP contribution is -2.11. The van der Waals surface area contributed by atoms with Crippen LogP contribution >= 0.6 is 0 Å². The topological polar surface area (TPSA) is 145 Å². The Morgan fingerprint density at radius 1 is 0.909 bits per heavy atom. The van der Waals surface area contributed by atoms with Crippen molar-refractivity contribution < 1.29 is 24.0 Å². The number of carbonyl (C=O) groups excluding carboxylic acids is 1. The number of benzene rings is 2. The number of nitrogens with zero attached hydrogens (tertiary/aromatic N) is 1. The Bertz CT molecular complexity index is 1860. The zero-order valence-electron chi connectivity index (χ0n) is 25.2. The number of nitrogens with one attached hydrogen (secondary N) is 4. The van der Waals surface area contributed by atoms with Crippen LogP contribution in [-0.4, -0.2) is 38.6 Å². The van der Waals surface area contributed by atoms with Crippen LogP contribution in [0, 0.1) is 0 Å². The number of fused-ring (bicyclic) bond motifs is 2. The number of hydrogen-bond donors (Lipinski definition) is 5. The number of hydrogen-bond acceptors (Lipinski definition) is 7. The average molecular weight is 596 g/mol. The van der Waals surface area contributed by atoms with Crippen molar-refractivity contribution in [2.45, 2.75) is 64.7 Å². The van der Waals surface area contributed by atoms with Crippen molar-refractivity contribution in [3.05, 3.63) is 83.1 Å². The lowest BCUT2D eigenvalue weighted by atomic mass is 9.93. The molecule has 44 heavy (non-hydrogen) atoms. The van der Waals surface area contributed by atoms with E-state index < -0.39 is 5.97 Å². The van der Waals surface area contributed by atoms with Crippen LogP contribution in [0.5, 0.6) is 5.75 Å². The van der Waals surface area contributed by atoms with Crippen molar-refractivity contribution >= 4 is 45.1 Å². The minimum Gasteiger partial charge on any atom is -0.494 e. The Balaban J connectivity index is 1.12. The number of ether oxygens (including phenoxy) is 1. The second-order valence-electron chi connectivity index (χ2n) is 12.4. The number of aliphatic carboxylic acids is 1. The molecule has 1 saturated carbocycles. The van der Waals surface area contributed by atoms with Crippen LogP contribution in [0.3, 0.4) is 0 Å². The van der Waals surface area contributed by atoms with Crippen molar-refractivity contribution in [1.29, 1.82) is 0 Å². The van der Waals surface area contributed by atoms with Gasteiger partial charge in [-0.05, 0) is 86.2 Å². The molecule has 0 spiro atoms. The summed E-state index contributed by atoms with van der Waals surface area (Å²) >= 11 is 0. The first-order valence-corrected chi connectivity index (χ1v) is 15.0. The van der Waals surface area contributed by atoms with Crippen molar-refractivity contribution in [3.8, 4) is 5.75 Å². The highest BCUT2D eigenvalue weighted by Crippen LogP contribution is 2.34. The molecule has 0 unspecified atom stereocenters. The third-order valence-corrected chi connectivity index (χ3v) is 7.63. The standard InChI is InChI=1S/C34H37N5O5/c1-34(2,3)29-19-30(39-44-29)38-33(20-8-9-20)35-23-10-12-25-21(15-23)17-27(36-25)32(42)28-18-22-16-24(11-13-26(22)37-28)43-14-6-4-5-7-31(40)41/h10-13,15-19,35-37H,4-9,14H2,1-3H3,(H,38,39)(H,40,41). The maximum absolute atomic E-state index is 13.4. The van der Waals surface area contributed by atoms with E-state index in [1.54, 1.807) is 0 Å². The molecule has 6 rings (SSSR count). The van der Waals surface area contributed by atoms with Gasteiger partial charge in [-0.2, -0.15) is 0 Å². The van der Waals surface area contributed by atoms with E-state index in [9.17, 15) is 9.59 Å². The number of unbranched alkanes of at least 4 members (excludes halogenated alkanes) is 2. The number of aromatic amines is 2. The lowest BCUT2D eigenvalue weighted by molar-refractivity contribution is -0.137. The van der Waals surface area contributed by atoms with Gasteiger partial charge in [0.25, 0.3) is 0 Å². The highest BCUT2D eigenvalue weighted by Gasteiger charge is 2.23.